The van der Waals surface area contributed by atoms with Crippen molar-refractivity contribution in [2.24, 2.45) is 0 Å². The second kappa shape index (κ2) is 3.96. The Morgan fingerprint density at radius 3 is 3.00 bits per heavy atom. The zero-order chi connectivity index (χ0) is 9.97. The number of nitrogens with two attached hydrogens (primary N) is 1. The highest BCUT2D eigenvalue weighted by Gasteiger charge is 2.18. The van der Waals surface area contributed by atoms with E-state index in [-0.39, 0.29) is 11.7 Å². The van der Waals surface area contributed by atoms with Crippen molar-refractivity contribution >= 4 is 5.69 Å². The van der Waals surface area contributed by atoms with E-state index in [2.05, 4.69) is 5.32 Å². The van der Waals surface area contributed by atoms with Crippen molar-refractivity contribution in [2.75, 3.05) is 18.8 Å². The molecule has 0 bridgehead atoms. The second-order valence-electron chi connectivity index (χ2n) is 3.82. The summed E-state index contributed by atoms with van der Waals surface area (Å²) in [6.07, 6.45) is 2.16. The Hall–Kier alpha value is -1.09. The Balaban J connectivity index is 2.24. The van der Waals surface area contributed by atoms with Gasteiger partial charge in [-0.1, -0.05) is 0 Å². The SMILES string of the molecule is Nc1ccc(F)c([C@H]2CCCNC2)c1. The lowest BCUT2D eigenvalue weighted by molar-refractivity contribution is 0.446. The molecule has 0 unspecified atom stereocenters. The molecule has 1 aliphatic rings. The molecule has 1 aromatic carbocycles. The van der Waals surface area contributed by atoms with Gasteiger partial charge >= 0.3 is 0 Å². The molecule has 1 aliphatic heterocycles. The summed E-state index contributed by atoms with van der Waals surface area (Å²) >= 11 is 0. The van der Waals surface area contributed by atoms with Gasteiger partial charge in [0.25, 0.3) is 0 Å². The van der Waals surface area contributed by atoms with Gasteiger partial charge in [-0.05, 0) is 49.1 Å². The summed E-state index contributed by atoms with van der Waals surface area (Å²) < 4.78 is 13.5. The fraction of sp³-hybridized carbons (Fsp3) is 0.455. The first kappa shape index (κ1) is 9.46. The van der Waals surface area contributed by atoms with E-state index in [1.807, 2.05) is 0 Å². The number of hydrogen-bond donors (Lipinski definition) is 2. The predicted octanol–water partition coefficient (Wildman–Crippen LogP) is 1.87. The van der Waals surface area contributed by atoms with E-state index in [9.17, 15) is 4.39 Å². The van der Waals surface area contributed by atoms with Crippen molar-refractivity contribution in [3.63, 3.8) is 0 Å². The minimum atomic E-state index is -0.132. The summed E-state index contributed by atoms with van der Waals surface area (Å²) in [5.74, 6) is 0.153. The molecule has 1 heterocycles. The lowest BCUT2D eigenvalue weighted by atomic mass is 9.91. The first-order chi connectivity index (χ1) is 6.77. The third-order valence-corrected chi connectivity index (χ3v) is 2.76. The van der Waals surface area contributed by atoms with Crippen LogP contribution in [0, 0.1) is 5.82 Å². The van der Waals surface area contributed by atoms with Crippen LogP contribution in [0.25, 0.3) is 0 Å². The quantitative estimate of drug-likeness (QED) is 0.670. The number of rotatable bonds is 1. The summed E-state index contributed by atoms with van der Waals surface area (Å²) in [6, 6.07) is 4.82. The maximum atomic E-state index is 13.5. The van der Waals surface area contributed by atoms with Crippen LogP contribution in [0.3, 0.4) is 0 Å². The van der Waals surface area contributed by atoms with Crippen molar-refractivity contribution < 1.29 is 4.39 Å². The number of nitrogen functional groups attached to an aromatic ring is 1. The van der Waals surface area contributed by atoms with Crippen LogP contribution in [0.15, 0.2) is 18.2 Å². The van der Waals surface area contributed by atoms with Crippen molar-refractivity contribution in [3.05, 3.63) is 29.6 Å². The van der Waals surface area contributed by atoms with Gasteiger partial charge in [0.15, 0.2) is 0 Å². The summed E-state index contributed by atoms with van der Waals surface area (Å²) in [7, 11) is 0. The van der Waals surface area contributed by atoms with Gasteiger partial charge in [-0.25, -0.2) is 4.39 Å². The van der Waals surface area contributed by atoms with Gasteiger partial charge in [-0.15, -0.1) is 0 Å². The zero-order valence-corrected chi connectivity index (χ0v) is 8.09. The van der Waals surface area contributed by atoms with Crippen LogP contribution in [0.2, 0.25) is 0 Å². The van der Waals surface area contributed by atoms with E-state index in [1.165, 1.54) is 6.07 Å². The molecule has 1 atom stereocenters. The normalized spacial score (nSPS) is 22.2. The smallest absolute Gasteiger partial charge is 0.126 e. The Kier molecular flexibility index (Phi) is 2.68. The van der Waals surface area contributed by atoms with Gasteiger partial charge in [-0.2, -0.15) is 0 Å². The Morgan fingerprint density at radius 1 is 1.43 bits per heavy atom. The maximum absolute atomic E-state index is 13.5. The first-order valence-corrected chi connectivity index (χ1v) is 5.03. The second-order valence-corrected chi connectivity index (χ2v) is 3.82. The van der Waals surface area contributed by atoms with Crippen LogP contribution in [-0.4, -0.2) is 13.1 Å². The van der Waals surface area contributed by atoms with Crippen LogP contribution in [0.4, 0.5) is 10.1 Å². The van der Waals surface area contributed by atoms with Crippen LogP contribution in [0.5, 0.6) is 0 Å². The highest BCUT2D eigenvalue weighted by atomic mass is 19.1. The molecule has 1 fully saturated rings. The third kappa shape index (κ3) is 1.87. The minimum Gasteiger partial charge on any atom is -0.399 e. The van der Waals surface area contributed by atoms with Gasteiger partial charge in [-0.3, -0.25) is 0 Å². The number of hydrogen-bond acceptors (Lipinski definition) is 2. The molecule has 14 heavy (non-hydrogen) atoms. The van der Waals surface area contributed by atoms with Gasteiger partial charge in [0.1, 0.15) is 5.82 Å². The molecule has 1 aromatic rings. The Bertz CT molecular complexity index is 319. The van der Waals surface area contributed by atoms with Crippen LogP contribution < -0.4 is 11.1 Å². The molecule has 0 radical (unpaired) electrons. The predicted molar refractivity (Wildman–Crippen MR) is 55.7 cm³/mol. The highest BCUT2D eigenvalue weighted by molar-refractivity contribution is 5.42. The molecule has 0 aliphatic carbocycles. The number of halogens is 1. The minimum absolute atomic E-state index is 0.132. The van der Waals surface area contributed by atoms with Crippen molar-refractivity contribution in [1.82, 2.24) is 5.32 Å². The molecule has 0 saturated carbocycles. The largest absolute Gasteiger partial charge is 0.399 e. The molecule has 2 nitrogen and oxygen atoms in total. The molecular weight excluding hydrogens is 179 g/mol. The Morgan fingerprint density at radius 2 is 2.29 bits per heavy atom. The number of piperidine rings is 1. The van der Waals surface area contributed by atoms with Crippen molar-refractivity contribution in [3.8, 4) is 0 Å². The fourth-order valence-electron chi connectivity index (χ4n) is 1.99. The molecular formula is C11H15FN2. The van der Waals surface area contributed by atoms with Gasteiger partial charge in [0.05, 0.1) is 0 Å². The summed E-state index contributed by atoms with van der Waals surface area (Å²) in [6.45, 7) is 1.90. The van der Waals surface area contributed by atoms with E-state index in [4.69, 9.17) is 5.73 Å². The molecule has 3 heteroatoms. The molecule has 2 rings (SSSR count). The topological polar surface area (TPSA) is 38.0 Å². The lowest BCUT2D eigenvalue weighted by Gasteiger charge is -2.23. The van der Waals surface area contributed by atoms with E-state index in [0.29, 0.717) is 5.69 Å². The van der Waals surface area contributed by atoms with E-state index < -0.39 is 0 Å². The van der Waals surface area contributed by atoms with Crippen molar-refractivity contribution in [1.29, 1.82) is 0 Å². The maximum Gasteiger partial charge on any atom is 0.126 e. The number of benzene rings is 1. The standard InChI is InChI=1S/C11H15FN2/c12-11-4-3-9(13)6-10(11)8-2-1-5-14-7-8/h3-4,6,8,14H,1-2,5,7,13H2/t8-/m0/s1. The summed E-state index contributed by atoms with van der Waals surface area (Å²) in [5.41, 5.74) is 7.05. The molecule has 1 saturated heterocycles. The number of anilines is 1. The fourth-order valence-corrected chi connectivity index (χ4v) is 1.99. The third-order valence-electron chi connectivity index (χ3n) is 2.76. The zero-order valence-electron chi connectivity index (χ0n) is 8.09. The monoisotopic (exact) mass is 194 g/mol. The summed E-state index contributed by atoms with van der Waals surface area (Å²) in [4.78, 5) is 0. The van der Waals surface area contributed by atoms with Gasteiger partial charge < -0.3 is 11.1 Å². The van der Waals surface area contributed by atoms with E-state index in [1.54, 1.807) is 12.1 Å². The average molecular weight is 194 g/mol. The van der Waals surface area contributed by atoms with Crippen molar-refractivity contribution in [2.45, 2.75) is 18.8 Å². The molecule has 76 valence electrons. The van der Waals surface area contributed by atoms with E-state index in [0.717, 1.165) is 31.5 Å². The van der Waals surface area contributed by atoms with Crippen LogP contribution >= 0.6 is 0 Å². The molecule has 0 aromatic heterocycles. The van der Waals surface area contributed by atoms with Gasteiger partial charge in [0.2, 0.25) is 0 Å². The lowest BCUT2D eigenvalue weighted by Crippen LogP contribution is -2.28. The van der Waals surface area contributed by atoms with Gasteiger partial charge in [0, 0.05) is 12.2 Å². The van der Waals surface area contributed by atoms with E-state index >= 15 is 0 Å². The van der Waals surface area contributed by atoms with Crippen LogP contribution in [-0.2, 0) is 0 Å². The number of nitrogens with one attached hydrogen (secondary N) is 1. The Labute approximate surface area is 83.3 Å². The molecule has 0 amide bonds. The average Bonchev–Trinajstić information content (AvgIpc) is 2.23. The summed E-state index contributed by atoms with van der Waals surface area (Å²) in [5, 5.41) is 3.27. The molecule has 3 N–H and O–H groups in total. The highest BCUT2D eigenvalue weighted by Crippen LogP contribution is 2.26. The first-order valence-electron chi connectivity index (χ1n) is 5.03. The molecule has 0 spiro atoms. The van der Waals surface area contributed by atoms with Crippen LogP contribution in [0.1, 0.15) is 24.3 Å².